The molecule has 104 valence electrons. The highest BCUT2D eigenvalue weighted by atomic mass is 16.1. The summed E-state index contributed by atoms with van der Waals surface area (Å²) in [5.74, 6) is 0. The van der Waals surface area contributed by atoms with Gasteiger partial charge in [0.2, 0.25) is 0 Å². The van der Waals surface area contributed by atoms with Gasteiger partial charge < -0.3 is 19.9 Å². The second kappa shape index (κ2) is 7.26. The van der Waals surface area contributed by atoms with Crippen molar-refractivity contribution in [2.75, 3.05) is 44.7 Å². The number of aldehydes is 1. The zero-order valence-corrected chi connectivity index (χ0v) is 11.6. The molecule has 1 N–H and O–H groups in total. The maximum atomic E-state index is 10.2. The average molecular weight is 261 g/mol. The Morgan fingerprint density at radius 3 is 2.47 bits per heavy atom. The first-order valence-corrected chi connectivity index (χ1v) is 6.96. The van der Waals surface area contributed by atoms with Crippen LogP contribution in [0, 0.1) is 0 Å². The van der Waals surface area contributed by atoms with Gasteiger partial charge in [0.05, 0.1) is 0 Å². The van der Waals surface area contributed by atoms with Gasteiger partial charge in [0.25, 0.3) is 0 Å². The Balaban J connectivity index is 1.82. The van der Waals surface area contributed by atoms with E-state index in [0.29, 0.717) is 6.42 Å². The fourth-order valence-corrected chi connectivity index (χ4v) is 2.28. The van der Waals surface area contributed by atoms with Gasteiger partial charge in [-0.25, -0.2) is 0 Å². The number of hydrogen-bond donors (Lipinski definition) is 1. The molecular weight excluding hydrogens is 238 g/mol. The Bertz CT molecular complexity index is 383. The standard InChI is InChI=1S/C15H23N3O/c1-17-8-10-18(11-9-17)15-5-3-14(4-6-15)13-16-7-2-12-19/h3-6,12,16H,2,7-11,13H2,1H3. The predicted octanol–water partition coefficient (Wildman–Crippen LogP) is 1.12. The summed E-state index contributed by atoms with van der Waals surface area (Å²) in [6.07, 6.45) is 1.53. The Labute approximate surface area is 115 Å². The van der Waals surface area contributed by atoms with Gasteiger partial charge in [-0.3, -0.25) is 0 Å². The van der Waals surface area contributed by atoms with Gasteiger partial charge in [-0.2, -0.15) is 0 Å². The van der Waals surface area contributed by atoms with Crippen LogP contribution in [0.25, 0.3) is 0 Å². The van der Waals surface area contributed by atoms with Gasteiger partial charge >= 0.3 is 0 Å². The minimum Gasteiger partial charge on any atom is -0.369 e. The van der Waals surface area contributed by atoms with Crippen molar-refractivity contribution in [2.24, 2.45) is 0 Å². The summed E-state index contributed by atoms with van der Waals surface area (Å²) in [6.45, 7) is 6.06. The van der Waals surface area contributed by atoms with E-state index in [1.165, 1.54) is 11.3 Å². The number of carbonyl (C=O) groups is 1. The Hall–Kier alpha value is -1.39. The van der Waals surface area contributed by atoms with Crippen LogP contribution in [0.3, 0.4) is 0 Å². The molecule has 1 aromatic rings. The third-order valence-electron chi connectivity index (χ3n) is 3.57. The largest absolute Gasteiger partial charge is 0.369 e. The summed E-state index contributed by atoms with van der Waals surface area (Å²) in [4.78, 5) is 15.0. The second-order valence-corrected chi connectivity index (χ2v) is 5.09. The predicted molar refractivity (Wildman–Crippen MR) is 78.5 cm³/mol. The number of rotatable bonds is 6. The molecule has 4 nitrogen and oxygen atoms in total. The maximum absolute atomic E-state index is 10.2. The first-order chi connectivity index (χ1) is 9.29. The molecule has 1 aliphatic heterocycles. The third kappa shape index (κ3) is 4.33. The molecule has 0 saturated carbocycles. The third-order valence-corrected chi connectivity index (χ3v) is 3.57. The molecule has 0 radical (unpaired) electrons. The Morgan fingerprint density at radius 2 is 1.84 bits per heavy atom. The van der Waals surface area contributed by atoms with E-state index in [2.05, 4.69) is 46.4 Å². The second-order valence-electron chi connectivity index (χ2n) is 5.09. The van der Waals surface area contributed by atoms with E-state index < -0.39 is 0 Å². The van der Waals surface area contributed by atoms with Crippen LogP contribution in [0.1, 0.15) is 12.0 Å². The average Bonchev–Trinajstić information content (AvgIpc) is 2.45. The maximum Gasteiger partial charge on any atom is 0.121 e. The van der Waals surface area contributed by atoms with Crippen LogP contribution in [0.2, 0.25) is 0 Å². The van der Waals surface area contributed by atoms with Crippen LogP contribution in [0.5, 0.6) is 0 Å². The molecule has 0 unspecified atom stereocenters. The first kappa shape index (κ1) is 14.0. The molecule has 19 heavy (non-hydrogen) atoms. The molecule has 0 amide bonds. The SMILES string of the molecule is CN1CCN(c2ccc(CNCCC=O)cc2)CC1. The summed E-state index contributed by atoms with van der Waals surface area (Å²) in [7, 11) is 2.17. The van der Waals surface area contributed by atoms with Crippen molar-refractivity contribution < 1.29 is 4.79 Å². The molecular formula is C15H23N3O. The lowest BCUT2D eigenvalue weighted by Gasteiger charge is -2.34. The summed E-state index contributed by atoms with van der Waals surface area (Å²) in [5.41, 5.74) is 2.58. The van der Waals surface area contributed by atoms with Gasteiger partial charge in [0, 0.05) is 51.4 Å². The molecule has 2 rings (SSSR count). The van der Waals surface area contributed by atoms with E-state index in [4.69, 9.17) is 0 Å². The lowest BCUT2D eigenvalue weighted by molar-refractivity contribution is -0.107. The minimum absolute atomic E-state index is 0.583. The molecule has 1 heterocycles. The van der Waals surface area contributed by atoms with Crippen LogP contribution in [-0.2, 0) is 11.3 Å². The van der Waals surface area contributed by atoms with Crippen molar-refractivity contribution in [3.05, 3.63) is 29.8 Å². The fraction of sp³-hybridized carbons (Fsp3) is 0.533. The zero-order chi connectivity index (χ0) is 13.5. The van der Waals surface area contributed by atoms with Crippen LogP contribution in [0.4, 0.5) is 5.69 Å². The molecule has 0 atom stereocenters. The molecule has 0 aromatic heterocycles. The summed E-state index contributed by atoms with van der Waals surface area (Å²) in [5, 5.41) is 3.26. The normalized spacial score (nSPS) is 16.6. The number of nitrogens with one attached hydrogen (secondary N) is 1. The highest BCUT2D eigenvalue weighted by Crippen LogP contribution is 2.16. The van der Waals surface area contributed by atoms with Crippen molar-refractivity contribution in [1.82, 2.24) is 10.2 Å². The van der Waals surface area contributed by atoms with Crippen molar-refractivity contribution in [1.29, 1.82) is 0 Å². The summed E-state index contributed by atoms with van der Waals surface area (Å²) < 4.78 is 0. The number of anilines is 1. The van der Waals surface area contributed by atoms with Crippen molar-refractivity contribution in [3.63, 3.8) is 0 Å². The van der Waals surface area contributed by atoms with Gasteiger partial charge in [-0.15, -0.1) is 0 Å². The summed E-state index contributed by atoms with van der Waals surface area (Å²) in [6, 6.07) is 8.73. The van der Waals surface area contributed by atoms with Gasteiger partial charge in [-0.1, -0.05) is 12.1 Å². The molecule has 0 aliphatic carbocycles. The number of likely N-dealkylation sites (N-methyl/N-ethyl adjacent to an activating group) is 1. The topological polar surface area (TPSA) is 35.6 Å². The van der Waals surface area contributed by atoms with Crippen molar-refractivity contribution >= 4 is 12.0 Å². The summed E-state index contributed by atoms with van der Waals surface area (Å²) >= 11 is 0. The van der Waals surface area contributed by atoms with E-state index in [1.807, 2.05) is 0 Å². The van der Waals surface area contributed by atoms with Gasteiger partial charge in [0.15, 0.2) is 0 Å². The van der Waals surface area contributed by atoms with E-state index >= 15 is 0 Å². The lowest BCUT2D eigenvalue weighted by atomic mass is 10.1. The van der Waals surface area contributed by atoms with Crippen LogP contribution in [0.15, 0.2) is 24.3 Å². The molecule has 0 bridgehead atoms. The molecule has 1 aromatic carbocycles. The fourth-order valence-electron chi connectivity index (χ4n) is 2.28. The van der Waals surface area contributed by atoms with E-state index in [9.17, 15) is 4.79 Å². The highest BCUT2D eigenvalue weighted by Gasteiger charge is 2.13. The van der Waals surface area contributed by atoms with E-state index in [-0.39, 0.29) is 0 Å². The molecule has 4 heteroatoms. The van der Waals surface area contributed by atoms with Gasteiger partial charge in [0.1, 0.15) is 6.29 Å². The van der Waals surface area contributed by atoms with Gasteiger partial charge in [-0.05, 0) is 24.7 Å². The van der Waals surface area contributed by atoms with E-state index in [0.717, 1.165) is 45.6 Å². The Kier molecular flexibility index (Phi) is 5.36. The van der Waals surface area contributed by atoms with Crippen molar-refractivity contribution in [3.8, 4) is 0 Å². The lowest BCUT2D eigenvalue weighted by Crippen LogP contribution is -2.44. The van der Waals surface area contributed by atoms with Crippen LogP contribution in [-0.4, -0.2) is 51.0 Å². The molecule has 1 fully saturated rings. The number of piperazine rings is 1. The van der Waals surface area contributed by atoms with E-state index in [1.54, 1.807) is 0 Å². The number of nitrogens with zero attached hydrogens (tertiary/aromatic N) is 2. The van der Waals surface area contributed by atoms with Crippen LogP contribution < -0.4 is 10.2 Å². The first-order valence-electron chi connectivity index (χ1n) is 6.96. The number of carbonyl (C=O) groups excluding carboxylic acids is 1. The quantitative estimate of drug-likeness (QED) is 0.615. The number of hydrogen-bond acceptors (Lipinski definition) is 4. The van der Waals surface area contributed by atoms with Crippen LogP contribution >= 0.6 is 0 Å². The smallest absolute Gasteiger partial charge is 0.121 e. The molecule has 1 saturated heterocycles. The monoisotopic (exact) mass is 261 g/mol. The highest BCUT2D eigenvalue weighted by molar-refractivity contribution is 5.49. The number of benzene rings is 1. The minimum atomic E-state index is 0.583. The Morgan fingerprint density at radius 1 is 1.16 bits per heavy atom. The molecule has 0 spiro atoms. The molecule has 1 aliphatic rings. The van der Waals surface area contributed by atoms with Crippen molar-refractivity contribution in [2.45, 2.75) is 13.0 Å². The zero-order valence-electron chi connectivity index (χ0n) is 11.6.